The van der Waals surface area contributed by atoms with Crippen molar-refractivity contribution in [3.8, 4) is 0 Å². The molecule has 0 amide bonds. The molecule has 32 aliphatic carbocycles. The molecule has 32 rings (SSSR count). The Balaban J connectivity index is 0.0000000760. The van der Waals surface area contributed by atoms with Gasteiger partial charge in [-0.15, -0.1) is 0 Å². The van der Waals surface area contributed by atoms with Gasteiger partial charge in [0.15, 0.2) is 0 Å². The second kappa shape index (κ2) is 30.1. The topological polar surface area (TPSA) is 208 Å². The highest BCUT2D eigenvalue weighted by molar-refractivity contribution is 5.30. The van der Waals surface area contributed by atoms with Crippen LogP contribution in [0.1, 0.15) is 189 Å². The van der Waals surface area contributed by atoms with E-state index in [1.54, 1.807) is 6.42 Å². The van der Waals surface area contributed by atoms with Crippen molar-refractivity contribution in [2.45, 2.75) is 207 Å². The van der Waals surface area contributed by atoms with Gasteiger partial charge in [-0.1, -0.05) is 158 Å². The summed E-state index contributed by atoms with van der Waals surface area (Å²) in [5.74, 6) is 57.8. The van der Waals surface area contributed by atoms with E-state index in [0.29, 0.717) is 18.1 Å². The molecule has 0 aliphatic heterocycles. The predicted molar refractivity (Wildman–Crippen MR) is 488 cm³/mol. The second-order valence-electron chi connectivity index (χ2n) is 50.9. The Hall–Kier alpha value is -2.40. The Morgan fingerprint density at radius 2 is 0.475 bits per heavy atom. The van der Waals surface area contributed by atoms with Gasteiger partial charge < -0.3 is 45.9 Å². The van der Waals surface area contributed by atoms with Crippen LogP contribution in [0, 0.1) is 349 Å². The number of hydrogen-bond acceptors (Lipinski definition) is 8. The number of fused-ring (bicyclic) bond motifs is 72. The predicted octanol–water partition coefficient (Wildman–Crippen LogP) is 19.0. The van der Waals surface area contributed by atoms with Gasteiger partial charge in [0.25, 0.3) is 0 Å². The van der Waals surface area contributed by atoms with Crippen LogP contribution in [0.5, 0.6) is 0 Å². The van der Waals surface area contributed by atoms with Crippen LogP contribution in [0.3, 0.4) is 0 Å². The molecule has 120 heavy (non-hydrogen) atoms. The summed E-state index contributed by atoms with van der Waals surface area (Å²) in [6, 6.07) is 1.61. The molecule has 16 N–H and O–H groups in total. The first-order chi connectivity index (χ1) is 58.6. The molecule has 0 radical (unpaired) electrons. The Labute approximate surface area is 727 Å². The van der Waals surface area contributed by atoms with Gasteiger partial charge in [0, 0.05) is 18.1 Å². The summed E-state index contributed by atoms with van der Waals surface area (Å²) in [5, 5.41) is 0. The Bertz CT molecular complexity index is 3940. The number of hydrogen-bond donors (Lipinski definition) is 8. The van der Waals surface area contributed by atoms with Crippen molar-refractivity contribution in [1.82, 2.24) is 0 Å². The zero-order chi connectivity index (χ0) is 80.9. The van der Waals surface area contributed by atoms with Gasteiger partial charge in [-0.3, -0.25) is 0 Å². The van der Waals surface area contributed by atoms with Crippen molar-refractivity contribution >= 4 is 0 Å². The molecular weight excluding hydrogens is 1460 g/mol. The molecule has 0 saturated heterocycles. The monoisotopic (exact) mass is 1630 g/mol. The normalized spacial score (nSPS) is 62.9. The van der Waals surface area contributed by atoms with Crippen LogP contribution in [0.15, 0.2) is 97.2 Å². The van der Waals surface area contributed by atoms with Gasteiger partial charge >= 0.3 is 0 Å². The number of nitrogens with two attached hydrogens (primary N) is 8. The minimum Gasteiger partial charge on any atom is -0.330 e. The zero-order valence-corrected chi connectivity index (χ0v) is 75.5. The van der Waals surface area contributed by atoms with E-state index >= 15 is 0 Å². The quantitative estimate of drug-likeness (QED) is 0.0778. The Morgan fingerprint density at radius 1 is 0.208 bits per heavy atom. The fraction of sp³-hybridized carbons (Fsp3) is 0.857. The lowest BCUT2D eigenvalue weighted by molar-refractivity contribution is 0.0814. The fourth-order valence-electron chi connectivity index (χ4n) is 46.4. The largest absolute Gasteiger partial charge is 0.330 e. The van der Waals surface area contributed by atoms with Crippen molar-refractivity contribution in [2.75, 3.05) is 32.7 Å². The molecule has 0 aromatic heterocycles. The van der Waals surface area contributed by atoms with Crippen molar-refractivity contribution in [3.63, 3.8) is 0 Å². The molecule has 62 atom stereocenters. The highest BCUT2D eigenvalue weighted by Gasteiger charge is 2.71. The molecule has 8 heteroatoms. The third kappa shape index (κ3) is 11.2. The molecule has 24 fully saturated rings. The molecular formula is C112H168N8. The van der Waals surface area contributed by atoms with Crippen LogP contribution in [-0.4, -0.2) is 50.8 Å². The molecule has 24 saturated carbocycles. The van der Waals surface area contributed by atoms with E-state index in [0.717, 1.165) is 382 Å². The van der Waals surface area contributed by atoms with Crippen LogP contribution in [0.2, 0.25) is 0 Å². The van der Waals surface area contributed by atoms with E-state index in [2.05, 4.69) is 139 Å². The van der Waals surface area contributed by atoms with Crippen LogP contribution < -0.4 is 45.9 Å². The summed E-state index contributed by atoms with van der Waals surface area (Å²) in [6.07, 6.45) is 73.6. The lowest BCUT2D eigenvalue weighted by Crippen LogP contribution is -2.44. The van der Waals surface area contributed by atoms with Crippen LogP contribution in [-0.2, 0) is 0 Å². The summed E-state index contributed by atoms with van der Waals surface area (Å²) in [6.45, 7) is 19.1. The maximum atomic E-state index is 6.44. The summed E-state index contributed by atoms with van der Waals surface area (Å²) >= 11 is 0. The molecule has 32 bridgehead atoms. The van der Waals surface area contributed by atoms with Gasteiger partial charge in [0.05, 0.1) is 0 Å². The van der Waals surface area contributed by atoms with Crippen molar-refractivity contribution in [3.05, 3.63) is 97.2 Å². The van der Waals surface area contributed by atoms with Crippen molar-refractivity contribution in [1.29, 1.82) is 0 Å². The number of rotatable bonds is 10. The van der Waals surface area contributed by atoms with Gasteiger partial charge in [0.2, 0.25) is 0 Å². The SMILES string of the molecule is CC1C(CCN)C2CC1C1C3C=CC(C3)C21.CC1C(CN)C2CC1C1C3C=CC(C3)C21.CC1C(N)C2CC1C1C3C=CC(C3)C21.CCC1C(CCN)C2CC1C1C3C=CC(C3)C21.CCC1C(CN)C2CC1C1C3C=CC(C3)C21.CCC1C(N)C2CC1C1C3C=CC(C3)C21.NC1CC2CC1C1C3C=CC(C3)C21.NCC1CC2CC1C1C3C=CC(C3)C21. The third-order valence-corrected chi connectivity index (χ3v) is 49.1. The minimum absolute atomic E-state index is 0.522. The highest BCUT2D eigenvalue weighted by atomic mass is 14.8. The minimum atomic E-state index is 0.522. The first-order valence-corrected chi connectivity index (χ1v) is 53.9. The molecule has 656 valence electrons. The van der Waals surface area contributed by atoms with E-state index in [4.69, 9.17) is 45.9 Å². The van der Waals surface area contributed by atoms with E-state index < -0.39 is 0 Å². The van der Waals surface area contributed by atoms with E-state index in [-0.39, 0.29) is 0 Å². The summed E-state index contributed by atoms with van der Waals surface area (Å²) in [7, 11) is 0. The van der Waals surface area contributed by atoms with Crippen LogP contribution >= 0.6 is 0 Å². The summed E-state index contributed by atoms with van der Waals surface area (Å²) in [5.41, 5.74) is 48.5. The van der Waals surface area contributed by atoms with Gasteiger partial charge in [-0.2, -0.15) is 0 Å². The standard InChI is InChI=1S/C16H25N.2C15H23N.2C14H21N.2C13H19N.C12H17N/c1-2-11-12(5-6-17)14-8-13(11)15-9-3-4-10(7-9)16(14)15;1-8-11(4-5-16)13-7-12(8)14-9-2-3-10(6-9)15(13)14;1-2-10-11-6-12(13(10)7-16)15-9-4-3-8(5-9)14(11)15;1-7-10-5-11(12(7)6-15)14-9-3-2-8(4-9)13(10)14;1-2-9-10-6-11(14(9)15)13-8-4-3-7(5-8)12(10)13;1-6-9-5-10(13(6)14)12-8-3-2-7(4-8)11(9)12;14-6-10-4-9-5-11(10)13-8-2-1-7(3-8)12(9)13;13-10-5-8-4-9(10)12-7-2-1-6(3-7)11(8)12/h3-4,9-16H,2,5-8,17H2,1H3;2-3,8-15H,4-7,16H2,1H3;3-4,8-15H,2,5-7,16H2,1H3;2-3,7-14H,4-6,15H2,1H3;3-4,7-14H,2,5-6,15H2,1H3;2-3,6-13H,4-5,14H2,1H3;1-2,7-13H,3-6,14H2;1-2,6-12H,3-5,13H2. The van der Waals surface area contributed by atoms with Crippen LogP contribution in [0.25, 0.3) is 0 Å². The van der Waals surface area contributed by atoms with Gasteiger partial charge in [0.1, 0.15) is 0 Å². The Kier molecular flexibility index (Phi) is 20.0. The summed E-state index contributed by atoms with van der Waals surface area (Å²) < 4.78 is 0. The lowest BCUT2D eigenvalue weighted by Gasteiger charge is -2.41. The molecule has 0 spiro atoms. The molecule has 0 heterocycles. The Morgan fingerprint density at radius 3 is 0.875 bits per heavy atom. The first-order valence-electron chi connectivity index (χ1n) is 53.9. The molecule has 62 unspecified atom stereocenters. The summed E-state index contributed by atoms with van der Waals surface area (Å²) in [4.78, 5) is 0. The van der Waals surface area contributed by atoms with E-state index in [1.165, 1.54) is 141 Å². The number of allylic oxidation sites excluding steroid dienone is 16. The molecule has 0 aromatic rings. The maximum absolute atomic E-state index is 6.44. The highest BCUT2D eigenvalue weighted by Crippen LogP contribution is 2.76. The van der Waals surface area contributed by atoms with Crippen molar-refractivity contribution in [2.24, 2.45) is 395 Å². The average molecular weight is 1630 g/mol. The molecule has 8 nitrogen and oxygen atoms in total. The van der Waals surface area contributed by atoms with Gasteiger partial charge in [-0.25, -0.2) is 0 Å². The van der Waals surface area contributed by atoms with Crippen molar-refractivity contribution < 1.29 is 0 Å². The third-order valence-electron chi connectivity index (χ3n) is 49.1. The van der Waals surface area contributed by atoms with E-state index in [1.807, 2.05) is 0 Å². The first kappa shape index (κ1) is 79.7. The average Bonchev–Trinajstić information content (AvgIpc) is 1.62. The smallest absolute Gasteiger partial charge is 0.0101 e. The molecule has 32 aliphatic rings. The van der Waals surface area contributed by atoms with Crippen LogP contribution in [0.4, 0.5) is 0 Å². The fourth-order valence-corrected chi connectivity index (χ4v) is 46.4. The van der Waals surface area contributed by atoms with Gasteiger partial charge in [-0.05, 0) is 510 Å². The maximum Gasteiger partial charge on any atom is 0.0101 e. The second-order valence-corrected chi connectivity index (χ2v) is 50.9. The lowest BCUT2D eigenvalue weighted by atomic mass is 9.63. The van der Waals surface area contributed by atoms with E-state index in [9.17, 15) is 0 Å². The zero-order valence-electron chi connectivity index (χ0n) is 75.5. The molecule has 0 aromatic carbocycles.